The average molecular weight is 399 g/mol. The average Bonchev–Trinajstić information content (AvgIpc) is 2.79. The van der Waals surface area contributed by atoms with Gasteiger partial charge in [0, 0.05) is 5.56 Å². The highest BCUT2D eigenvalue weighted by molar-refractivity contribution is 6.09. The standard InChI is InChI=1S/C24H21N3O3/c1-16(18-9-7-17(15-25)8-10-18)26-24(29)21-5-3-4-6-22(21)27-23(28)19-11-13-20(30-2)14-12-19/h3-14,16H,1-2H3,(H,26,29)(H,27,28). The summed E-state index contributed by atoms with van der Waals surface area (Å²) >= 11 is 0. The maximum atomic E-state index is 12.8. The van der Waals surface area contributed by atoms with E-state index in [4.69, 9.17) is 10.00 Å². The highest BCUT2D eigenvalue weighted by Crippen LogP contribution is 2.20. The van der Waals surface area contributed by atoms with E-state index in [1.165, 1.54) is 0 Å². The van der Waals surface area contributed by atoms with Gasteiger partial charge in [-0.05, 0) is 61.0 Å². The van der Waals surface area contributed by atoms with E-state index >= 15 is 0 Å². The van der Waals surface area contributed by atoms with Crippen LogP contribution in [0.2, 0.25) is 0 Å². The fraction of sp³-hybridized carbons (Fsp3) is 0.125. The van der Waals surface area contributed by atoms with Gasteiger partial charge in [0.2, 0.25) is 0 Å². The number of anilines is 1. The molecule has 0 bridgehead atoms. The number of nitriles is 1. The molecule has 0 radical (unpaired) electrons. The highest BCUT2D eigenvalue weighted by Gasteiger charge is 2.16. The van der Waals surface area contributed by atoms with Gasteiger partial charge < -0.3 is 15.4 Å². The van der Waals surface area contributed by atoms with E-state index in [0.717, 1.165) is 5.56 Å². The van der Waals surface area contributed by atoms with Gasteiger partial charge in [0.1, 0.15) is 5.75 Å². The van der Waals surface area contributed by atoms with Crippen LogP contribution in [0.4, 0.5) is 5.69 Å². The van der Waals surface area contributed by atoms with Crippen LogP contribution in [0.25, 0.3) is 0 Å². The Hall–Kier alpha value is -4.11. The number of methoxy groups -OCH3 is 1. The number of hydrogen-bond donors (Lipinski definition) is 2. The Morgan fingerprint density at radius 2 is 1.60 bits per heavy atom. The zero-order chi connectivity index (χ0) is 21.5. The number of nitrogens with one attached hydrogen (secondary N) is 2. The maximum absolute atomic E-state index is 12.8. The summed E-state index contributed by atoms with van der Waals surface area (Å²) in [6.07, 6.45) is 0. The van der Waals surface area contributed by atoms with Crippen LogP contribution in [0.1, 0.15) is 44.8 Å². The van der Waals surface area contributed by atoms with Crippen LogP contribution >= 0.6 is 0 Å². The molecule has 0 saturated carbocycles. The number of carbonyl (C=O) groups is 2. The topological polar surface area (TPSA) is 91.2 Å². The molecule has 30 heavy (non-hydrogen) atoms. The van der Waals surface area contributed by atoms with E-state index in [0.29, 0.717) is 28.1 Å². The summed E-state index contributed by atoms with van der Waals surface area (Å²) in [5.41, 5.74) is 2.67. The molecule has 3 rings (SSSR count). The van der Waals surface area contributed by atoms with Crippen molar-refractivity contribution in [3.63, 3.8) is 0 Å². The van der Waals surface area contributed by atoms with E-state index in [2.05, 4.69) is 16.7 Å². The molecule has 150 valence electrons. The number of amides is 2. The van der Waals surface area contributed by atoms with Crippen LogP contribution in [0, 0.1) is 11.3 Å². The maximum Gasteiger partial charge on any atom is 0.255 e. The van der Waals surface area contributed by atoms with E-state index < -0.39 is 0 Å². The summed E-state index contributed by atoms with van der Waals surface area (Å²) in [4.78, 5) is 25.4. The molecule has 1 atom stereocenters. The van der Waals surface area contributed by atoms with Crippen LogP contribution in [-0.4, -0.2) is 18.9 Å². The number of carbonyl (C=O) groups excluding carboxylic acids is 2. The second-order valence-corrected chi connectivity index (χ2v) is 6.66. The molecular formula is C24H21N3O3. The first kappa shape index (κ1) is 20.6. The lowest BCUT2D eigenvalue weighted by molar-refractivity contribution is 0.0941. The van der Waals surface area contributed by atoms with Gasteiger partial charge >= 0.3 is 0 Å². The van der Waals surface area contributed by atoms with Gasteiger partial charge in [0.05, 0.1) is 36.0 Å². The number of ether oxygens (including phenoxy) is 1. The van der Waals surface area contributed by atoms with Crippen molar-refractivity contribution in [2.24, 2.45) is 0 Å². The SMILES string of the molecule is COc1ccc(C(=O)Nc2ccccc2C(=O)NC(C)c2ccc(C#N)cc2)cc1. The number of para-hydroxylation sites is 1. The Kier molecular flexibility index (Phi) is 6.46. The molecule has 0 aliphatic rings. The van der Waals surface area contributed by atoms with E-state index in [9.17, 15) is 9.59 Å². The molecule has 3 aromatic rings. The third kappa shape index (κ3) is 4.83. The molecule has 6 nitrogen and oxygen atoms in total. The minimum absolute atomic E-state index is 0.268. The molecule has 0 aliphatic carbocycles. The largest absolute Gasteiger partial charge is 0.497 e. The molecule has 0 spiro atoms. The summed E-state index contributed by atoms with van der Waals surface area (Å²) in [5.74, 6) is 0.0265. The third-order valence-corrected chi connectivity index (χ3v) is 4.66. The monoisotopic (exact) mass is 399 g/mol. The fourth-order valence-corrected chi connectivity index (χ4v) is 2.93. The molecule has 0 aliphatic heterocycles. The summed E-state index contributed by atoms with van der Waals surface area (Å²) in [6, 6.07) is 22.4. The molecular weight excluding hydrogens is 378 g/mol. The van der Waals surface area contributed by atoms with Crippen molar-refractivity contribution in [3.8, 4) is 11.8 Å². The van der Waals surface area contributed by atoms with Gasteiger partial charge in [0.15, 0.2) is 0 Å². The molecule has 2 amide bonds. The number of hydrogen-bond acceptors (Lipinski definition) is 4. The Morgan fingerprint density at radius 1 is 0.933 bits per heavy atom. The predicted molar refractivity (Wildman–Crippen MR) is 114 cm³/mol. The summed E-state index contributed by atoms with van der Waals surface area (Å²) in [5, 5.41) is 14.6. The first-order valence-electron chi connectivity index (χ1n) is 9.37. The molecule has 0 heterocycles. The Balaban J connectivity index is 1.73. The van der Waals surface area contributed by atoms with Crippen LogP contribution in [0.15, 0.2) is 72.8 Å². The summed E-state index contributed by atoms with van der Waals surface area (Å²) < 4.78 is 5.10. The number of nitrogens with zero attached hydrogens (tertiary/aromatic N) is 1. The zero-order valence-electron chi connectivity index (χ0n) is 16.7. The Bertz CT molecular complexity index is 1080. The lowest BCUT2D eigenvalue weighted by Gasteiger charge is -2.16. The minimum atomic E-state index is -0.321. The van der Waals surface area contributed by atoms with E-state index in [1.807, 2.05) is 6.92 Å². The fourth-order valence-electron chi connectivity index (χ4n) is 2.93. The molecule has 0 saturated heterocycles. The van der Waals surface area contributed by atoms with Crippen molar-refractivity contribution in [1.82, 2.24) is 5.32 Å². The van der Waals surface area contributed by atoms with Crippen molar-refractivity contribution < 1.29 is 14.3 Å². The van der Waals surface area contributed by atoms with Gasteiger partial charge in [0.25, 0.3) is 11.8 Å². The molecule has 2 N–H and O–H groups in total. The first-order valence-corrected chi connectivity index (χ1v) is 9.37. The van der Waals surface area contributed by atoms with Gasteiger partial charge in [-0.15, -0.1) is 0 Å². The second kappa shape index (κ2) is 9.39. The quantitative estimate of drug-likeness (QED) is 0.646. The third-order valence-electron chi connectivity index (χ3n) is 4.66. The first-order chi connectivity index (χ1) is 14.5. The van der Waals surface area contributed by atoms with Crippen LogP contribution in [-0.2, 0) is 0 Å². The normalized spacial score (nSPS) is 11.1. The second-order valence-electron chi connectivity index (χ2n) is 6.66. The van der Waals surface area contributed by atoms with Crippen molar-refractivity contribution in [2.75, 3.05) is 12.4 Å². The minimum Gasteiger partial charge on any atom is -0.497 e. The zero-order valence-corrected chi connectivity index (χ0v) is 16.7. The van der Waals surface area contributed by atoms with Gasteiger partial charge in [-0.2, -0.15) is 5.26 Å². The van der Waals surface area contributed by atoms with Crippen molar-refractivity contribution >= 4 is 17.5 Å². The van der Waals surface area contributed by atoms with Crippen LogP contribution < -0.4 is 15.4 Å². The summed E-state index contributed by atoms with van der Waals surface area (Å²) in [6.45, 7) is 1.86. The highest BCUT2D eigenvalue weighted by atomic mass is 16.5. The van der Waals surface area contributed by atoms with Gasteiger partial charge in [-0.3, -0.25) is 9.59 Å². The van der Waals surface area contributed by atoms with Crippen LogP contribution in [0.5, 0.6) is 5.75 Å². The van der Waals surface area contributed by atoms with Crippen LogP contribution in [0.3, 0.4) is 0 Å². The lowest BCUT2D eigenvalue weighted by atomic mass is 10.1. The molecule has 0 aromatic heterocycles. The van der Waals surface area contributed by atoms with Crippen molar-refractivity contribution in [2.45, 2.75) is 13.0 Å². The van der Waals surface area contributed by atoms with E-state index in [1.54, 1.807) is 79.9 Å². The molecule has 6 heteroatoms. The Morgan fingerprint density at radius 3 is 2.23 bits per heavy atom. The molecule has 3 aromatic carbocycles. The molecule has 1 unspecified atom stereocenters. The lowest BCUT2D eigenvalue weighted by Crippen LogP contribution is -2.28. The summed E-state index contributed by atoms with van der Waals surface area (Å²) in [7, 11) is 1.56. The predicted octanol–water partition coefficient (Wildman–Crippen LogP) is 4.31. The Labute approximate surface area is 175 Å². The van der Waals surface area contributed by atoms with E-state index in [-0.39, 0.29) is 17.9 Å². The van der Waals surface area contributed by atoms with Gasteiger partial charge in [-0.1, -0.05) is 24.3 Å². The number of benzene rings is 3. The smallest absolute Gasteiger partial charge is 0.255 e. The van der Waals surface area contributed by atoms with Gasteiger partial charge in [-0.25, -0.2) is 0 Å². The molecule has 0 fully saturated rings. The number of rotatable bonds is 6. The van der Waals surface area contributed by atoms with Crippen molar-refractivity contribution in [1.29, 1.82) is 5.26 Å². The van der Waals surface area contributed by atoms with Crippen molar-refractivity contribution in [3.05, 3.63) is 95.1 Å².